The van der Waals surface area contributed by atoms with Gasteiger partial charge in [-0.1, -0.05) is 30.2 Å². The van der Waals surface area contributed by atoms with E-state index in [1.807, 2.05) is 18.2 Å². The molecule has 0 aliphatic heterocycles. The molecule has 0 radical (unpaired) electrons. The minimum absolute atomic E-state index is 0.109. The van der Waals surface area contributed by atoms with Crippen molar-refractivity contribution in [1.29, 1.82) is 0 Å². The van der Waals surface area contributed by atoms with Crippen LogP contribution in [0.15, 0.2) is 35.1 Å². The second kappa shape index (κ2) is 4.58. The van der Waals surface area contributed by atoms with Crippen LogP contribution in [0.5, 0.6) is 0 Å². The lowest BCUT2D eigenvalue weighted by Crippen LogP contribution is -2.17. The summed E-state index contributed by atoms with van der Waals surface area (Å²) in [5.41, 5.74) is 1.55. The molecule has 4 heteroatoms. The Morgan fingerprint density at radius 1 is 1.28 bits per heavy atom. The van der Waals surface area contributed by atoms with Crippen molar-refractivity contribution in [2.75, 3.05) is 0 Å². The molecule has 1 N–H and O–H groups in total. The lowest BCUT2D eigenvalue weighted by molar-refractivity contribution is 0.410. The smallest absolute Gasteiger partial charge is 0.251 e. The molecule has 0 unspecified atom stereocenters. The zero-order valence-corrected chi connectivity index (χ0v) is 10.6. The first-order chi connectivity index (χ1) is 8.74. The zero-order valence-electron chi connectivity index (χ0n) is 9.82. The van der Waals surface area contributed by atoms with Crippen LogP contribution in [0.25, 0.3) is 11.4 Å². The van der Waals surface area contributed by atoms with Gasteiger partial charge in [0.25, 0.3) is 5.56 Å². The van der Waals surface area contributed by atoms with Crippen molar-refractivity contribution >= 4 is 11.6 Å². The first-order valence-electron chi connectivity index (χ1n) is 6.10. The number of benzene rings is 1. The van der Waals surface area contributed by atoms with Crippen LogP contribution < -0.4 is 5.56 Å². The van der Waals surface area contributed by atoms with Gasteiger partial charge < -0.3 is 4.98 Å². The Morgan fingerprint density at radius 3 is 2.72 bits per heavy atom. The Labute approximate surface area is 110 Å². The van der Waals surface area contributed by atoms with E-state index in [0.717, 1.165) is 24.1 Å². The molecular formula is C14H13ClN2O. The quantitative estimate of drug-likeness (QED) is 0.900. The monoisotopic (exact) mass is 260 g/mol. The largest absolute Gasteiger partial charge is 0.306 e. The number of rotatable bonds is 2. The van der Waals surface area contributed by atoms with Crippen LogP contribution in [0.1, 0.15) is 30.9 Å². The molecule has 1 saturated carbocycles. The van der Waals surface area contributed by atoms with Gasteiger partial charge >= 0.3 is 0 Å². The normalized spacial score (nSPS) is 15.4. The molecular weight excluding hydrogens is 248 g/mol. The summed E-state index contributed by atoms with van der Waals surface area (Å²) < 4.78 is 0. The van der Waals surface area contributed by atoms with E-state index in [9.17, 15) is 4.79 Å². The fourth-order valence-corrected chi connectivity index (χ4v) is 2.40. The van der Waals surface area contributed by atoms with Crippen LogP contribution in [-0.2, 0) is 0 Å². The summed E-state index contributed by atoms with van der Waals surface area (Å²) >= 11 is 6.13. The summed E-state index contributed by atoms with van der Waals surface area (Å²) in [5.74, 6) is 1.00. The molecule has 1 fully saturated rings. The van der Waals surface area contributed by atoms with Crippen LogP contribution in [-0.4, -0.2) is 9.97 Å². The number of nitrogens with zero attached hydrogens (tertiary/aromatic N) is 1. The highest BCUT2D eigenvalue weighted by Gasteiger charge is 2.22. The van der Waals surface area contributed by atoms with Crippen molar-refractivity contribution < 1.29 is 0 Å². The van der Waals surface area contributed by atoms with Crippen molar-refractivity contribution in [3.63, 3.8) is 0 Å². The van der Waals surface area contributed by atoms with E-state index >= 15 is 0 Å². The van der Waals surface area contributed by atoms with Gasteiger partial charge in [-0.05, 0) is 25.0 Å². The SMILES string of the molecule is O=c1cc(C2CCC2)nc(-c2ccccc2Cl)[nH]1. The highest BCUT2D eigenvalue weighted by Crippen LogP contribution is 2.35. The minimum atomic E-state index is -0.109. The summed E-state index contributed by atoms with van der Waals surface area (Å²) in [6, 6.07) is 9.01. The highest BCUT2D eigenvalue weighted by atomic mass is 35.5. The Bertz CT molecular complexity index is 632. The van der Waals surface area contributed by atoms with Gasteiger partial charge in [0.15, 0.2) is 0 Å². The average molecular weight is 261 g/mol. The second-order valence-electron chi connectivity index (χ2n) is 4.63. The standard InChI is InChI=1S/C14H13ClN2O/c15-11-7-2-1-6-10(11)14-16-12(8-13(18)17-14)9-4-3-5-9/h1-2,6-9H,3-5H2,(H,16,17,18). The summed E-state index contributed by atoms with van der Waals surface area (Å²) in [6.45, 7) is 0. The molecule has 1 heterocycles. The number of hydrogen-bond donors (Lipinski definition) is 1. The van der Waals surface area contributed by atoms with Crippen LogP contribution in [0.4, 0.5) is 0 Å². The maximum Gasteiger partial charge on any atom is 0.251 e. The van der Waals surface area contributed by atoms with Crippen molar-refractivity contribution in [1.82, 2.24) is 9.97 Å². The third-order valence-electron chi connectivity index (χ3n) is 3.41. The topological polar surface area (TPSA) is 45.8 Å². The van der Waals surface area contributed by atoms with E-state index < -0.39 is 0 Å². The van der Waals surface area contributed by atoms with Gasteiger partial charge in [-0.3, -0.25) is 4.79 Å². The summed E-state index contributed by atoms with van der Waals surface area (Å²) in [6.07, 6.45) is 3.47. The molecule has 92 valence electrons. The second-order valence-corrected chi connectivity index (χ2v) is 5.03. The van der Waals surface area contributed by atoms with E-state index in [1.54, 1.807) is 12.1 Å². The molecule has 18 heavy (non-hydrogen) atoms. The van der Waals surface area contributed by atoms with Crippen LogP contribution in [0.3, 0.4) is 0 Å². The molecule has 0 bridgehead atoms. The molecule has 1 aromatic heterocycles. The van der Waals surface area contributed by atoms with Gasteiger partial charge in [0.2, 0.25) is 0 Å². The van der Waals surface area contributed by atoms with E-state index in [1.165, 1.54) is 6.42 Å². The molecule has 1 aliphatic rings. The molecule has 1 aliphatic carbocycles. The molecule has 1 aromatic carbocycles. The third-order valence-corrected chi connectivity index (χ3v) is 3.74. The lowest BCUT2D eigenvalue weighted by Gasteiger charge is -2.24. The first kappa shape index (κ1) is 11.5. The molecule has 0 amide bonds. The Hall–Kier alpha value is -1.61. The van der Waals surface area contributed by atoms with Crippen molar-refractivity contribution in [3.05, 3.63) is 51.4 Å². The fourth-order valence-electron chi connectivity index (χ4n) is 2.17. The number of aromatic amines is 1. The summed E-state index contributed by atoms with van der Waals surface area (Å²) in [5, 5.41) is 0.603. The van der Waals surface area contributed by atoms with Crippen LogP contribution in [0.2, 0.25) is 5.02 Å². The van der Waals surface area contributed by atoms with E-state index in [4.69, 9.17) is 11.6 Å². The third kappa shape index (κ3) is 2.06. The molecule has 0 atom stereocenters. The number of nitrogens with one attached hydrogen (secondary N) is 1. The Balaban J connectivity index is 2.09. The fraction of sp³-hybridized carbons (Fsp3) is 0.286. The predicted octanol–water partition coefficient (Wildman–Crippen LogP) is 3.36. The van der Waals surface area contributed by atoms with Gasteiger partial charge in [-0.15, -0.1) is 0 Å². The summed E-state index contributed by atoms with van der Waals surface area (Å²) in [7, 11) is 0. The molecule has 0 spiro atoms. The van der Waals surface area contributed by atoms with Crippen molar-refractivity contribution in [2.45, 2.75) is 25.2 Å². The highest BCUT2D eigenvalue weighted by molar-refractivity contribution is 6.33. The van der Waals surface area contributed by atoms with Crippen LogP contribution in [0, 0.1) is 0 Å². The number of hydrogen-bond acceptors (Lipinski definition) is 2. The Morgan fingerprint density at radius 2 is 2.06 bits per heavy atom. The molecule has 3 nitrogen and oxygen atoms in total. The van der Waals surface area contributed by atoms with Gasteiger partial charge in [-0.2, -0.15) is 0 Å². The lowest BCUT2D eigenvalue weighted by atomic mass is 9.83. The van der Waals surface area contributed by atoms with Crippen LogP contribution >= 0.6 is 11.6 Å². The Kier molecular flexibility index (Phi) is 2.92. The number of halogens is 1. The van der Waals surface area contributed by atoms with Gasteiger partial charge in [0.05, 0.1) is 10.7 Å². The van der Waals surface area contributed by atoms with E-state index in [2.05, 4.69) is 9.97 Å². The zero-order chi connectivity index (χ0) is 12.5. The predicted molar refractivity (Wildman–Crippen MR) is 71.9 cm³/mol. The maximum absolute atomic E-state index is 11.7. The number of H-pyrrole nitrogens is 1. The average Bonchev–Trinajstić information content (AvgIpc) is 2.26. The van der Waals surface area contributed by atoms with E-state index in [-0.39, 0.29) is 5.56 Å². The molecule has 0 saturated heterocycles. The van der Waals surface area contributed by atoms with Crippen molar-refractivity contribution in [3.8, 4) is 11.4 Å². The molecule has 2 aromatic rings. The molecule has 3 rings (SSSR count). The van der Waals surface area contributed by atoms with Gasteiger partial charge in [-0.25, -0.2) is 4.98 Å². The van der Waals surface area contributed by atoms with Gasteiger partial charge in [0.1, 0.15) is 5.82 Å². The maximum atomic E-state index is 11.7. The minimum Gasteiger partial charge on any atom is -0.306 e. The first-order valence-corrected chi connectivity index (χ1v) is 6.48. The van der Waals surface area contributed by atoms with Crippen molar-refractivity contribution in [2.24, 2.45) is 0 Å². The summed E-state index contributed by atoms with van der Waals surface area (Å²) in [4.78, 5) is 19.0. The van der Waals surface area contributed by atoms with Gasteiger partial charge in [0, 0.05) is 17.5 Å². The van der Waals surface area contributed by atoms with E-state index in [0.29, 0.717) is 16.8 Å². The number of aromatic nitrogens is 2.